The molecule has 4 N–H and O–H groups in total. The van der Waals surface area contributed by atoms with Gasteiger partial charge in [0.1, 0.15) is 12.3 Å². The highest BCUT2D eigenvalue weighted by Crippen LogP contribution is 2.27. The van der Waals surface area contributed by atoms with Crippen LogP contribution in [0.25, 0.3) is 0 Å². The highest BCUT2D eigenvalue weighted by atomic mass is 79.9. The van der Waals surface area contributed by atoms with Gasteiger partial charge in [0.15, 0.2) is 5.96 Å². The molecule has 0 aliphatic rings. The molecule has 0 atom stereocenters. The van der Waals surface area contributed by atoms with E-state index in [1.165, 1.54) is 7.11 Å². The molecule has 8 heteroatoms. The topological polar surface area (TPSA) is 88.7 Å². The lowest BCUT2D eigenvalue weighted by Gasteiger charge is -2.08. The van der Waals surface area contributed by atoms with E-state index in [0.717, 1.165) is 4.47 Å². The van der Waals surface area contributed by atoms with Crippen molar-refractivity contribution in [2.45, 2.75) is 0 Å². The van der Waals surface area contributed by atoms with Gasteiger partial charge in [0.2, 0.25) is 5.91 Å². The third kappa shape index (κ3) is 5.43. The summed E-state index contributed by atoms with van der Waals surface area (Å²) < 4.78 is 5.95. The van der Waals surface area contributed by atoms with Gasteiger partial charge in [0, 0.05) is 15.8 Å². The Morgan fingerprint density at radius 2 is 2.00 bits per heavy atom. The lowest BCUT2D eigenvalue weighted by Crippen LogP contribution is -2.25. The van der Waals surface area contributed by atoms with Gasteiger partial charge in [-0.2, -0.15) is 0 Å². The van der Waals surface area contributed by atoms with E-state index in [9.17, 15) is 4.79 Å². The van der Waals surface area contributed by atoms with Crippen LogP contribution in [0.4, 0.5) is 11.4 Å². The van der Waals surface area contributed by atoms with Crippen molar-refractivity contribution in [3.8, 4) is 5.75 Å². The Balaban J connectivity index is 1.91. The molecule has 0 heterocycles. The predicted octanol–water partition coefficient (Wildman–Crippen LogP) is 3.48. The quantitative estimate of drug-likeness (QED) is 0.519. The first kappa shape index (κ1) is 18.1. The normalized spacial score (nSPS) is 11.0. The maximum Gasteiger partial charge on any atom is 0.246 e. The van der Waals surface area contributed by atoms with E-state index < -0.39 is 0 Å². The second kappa shape index (κ2) is 8.56. The van der Waals surface area contributed by atoms with Crippen LogP contribution < -0.4 is 21.1 Å². The zero-order valence-corrected chi connectivity index (χ0v) is 15.2. The SMILES string of the molecule is COc1ccc(NC(N)=NCC(=O)Nc2cccc(Br)c2)cc1Cl. The maximum absolute atomic E-state index is 11.9. The molecule has 6 nitrogen and oxygen atoms in total. The Morgan fingerprint density at radius 3 is 2.67 bits per heavy atom. The molecule has 0 saturated carbocycles. The number of anilines is 2. The van der Waals surface area contributed by atoms with Crippen molar-refractivity contribution in [2.24, 2.45) is 10.7 Å². The smallest absolute Gasteiger partial charge is 0.246 e. The summed E-state index contributed by atoms with van der Waals surface area (Å²) in [5.41, 5.74) is 7.10. The third-order valence-corrected chi connectivity index (χ3v) is 3.71. The van der Waals surface area contributed by atoms with Crippen molar-refractivity contribution in [1.82, 2.24) is 0 Å². The molecule has 126 valence electrons. The molecule has 2 rings (SSSR count). The highest BCUT2D eigenvalue weighted by molar-refractivity contribution is 9.10. The van der Waals surface area contributed by atoms with Gasteiger partial charge in [-0.1, -0.05) is 33.6 Å². The van der Waals surface area contributed by atoms with Gasteiger partial charge in [-0.3, -0.25) is 4.79 Å². The van der Waals surface area contributed by atoms with E-state index in [-0.39, 0.29) is 18.4 Å². The van der Waals surface area contributed by atoms with Crippen LogP contribution in [-0.4, -0.2) is 25.5 Å². The number of hydrogen-bond donors (Lipinski definition) is 3. The number of nitrogens with one attached hydrogen (secondary N) is 2. The molecule has 0 aromatic heterocycles. The third-order valence-electron chi connectivity index (χ3n) is 2.93. The van der Waals surface area contributed by atoms with Gasteiger partial charge in [0.05, 0.1) is 12.1 Å². The first-order valence-electron chi connectivity index (χ1n) is 6.94. The monoisotopic (exact) mass is 410 g/mol. The number of rotatable bonds is 5. The van der Waals surface area contributed by atoms with Crippen molar-refractivity contribution in [2.75, 3.05) is 24.3 Å². The number of benzene rings is 2. The van der Waals surface area contributed by atoms with Gasteiger partial charge < -0.3 is 21.1 Å². The zero-order chi connectivity index (χ0) is 17.5. The number of carbonyl (C=O) groups excluding carboxylic acids is 1. The van der Waals surface area contributed by atoms with E-state index in [1.54, 1.807) is 30.3 Å². The Hall–Kier alpha value is -2.25. The molecule has 1 amide bonds. The van der Waals surface area contributed by atoms with Crippen LogP contribution >= 0.6 is 27.5 Å². The fourth-order valence-electron chi connectivity index (χ4n) is 1.86. The van der Waals surface area contributed by atoms with Crippen LogP contribution in [0.2, 0.25) is 5.02 Å². The number of guanidine groups is 1. The van der Waals surface area contributed by atoms with Crippen molar-refractivity contribution in [1.29, 1.82) is 0 Å². The molecule has 0 unspecified atom stereocenters. The molecule has 0 radical (unpaired) electrons. The Bertz CT molecular complexity index is 767. The fraction of sp³-hybridized carbons (Fsp3) is 0.125. The van der Waals surface area contributed by atoms with Crippen LogP contribution in [-0.2, 0) is 4.79 Å². The molecular formula is C16H16BrClN4O2. The number of halogens is 2. The summed E-state index contributed by atoms with van der Waals surface area (Å²) in [5.74, 6) is 0.400. The number of ether oxygens (including phenoxy) is 1. The maximum atomic E-state index is 11.9. The standard InChI is InChI=1S/C16H16BrClN4O2/c1-24-14-6-5-12(8-13(14)18)22-16(19)20-9-15(23)21-11-4-2-3-10(17)7-11/h2-8H,9H2,1H3,(H,21,23)(H3,19,20,22). The molecule has 0 bridgehead atoms. The summed E-state index contributed by atoms with van der Waals surface area (Å²) in [7, 11) is 1.54. The van der Waals surface area contributed by atoms with E-state index in [0.29, 0.717) is 22.1 Å². The number of nitrogens with zero attached hydrogens (tertiary/aromatic N) is 1. The first-order chi connectivity index (χ1) is 11.5. The second-order valence-corrected chi connectivity index (χ2v) is 6.06. The fourth-order valence-corrected chi connectivity index (χ4v) is 2.51. The summed E-state index contributed by atoms with van der Waals surface area (Å²) in [5, 5.41) is 6.04. The molecular weight excluding hydrogens is 396 g/mol. The minimum absolute atomic E-state index is 0.102. The molecule has 2 aromatic rings. The van der Waals surface area contributed by atoms with Crippen LogP contribution in [0.5, 0.6) is 5.75 Å². The van der Waals surface area contributed by atoms with E-state index in [2.05, 4.69) is 31.6 Å². The van der Waals surface area contributed by atoms with Crippen LogP contribution in [0.15, 0.2) is 51.9 Å². The van der Waals surface area contributed by atoms with Gasteiger partial charge >= 0.3 is 0 Å². The van der Waals surface area contributed by atoms with Crippen molar-refractivity contribution in [3.63, 3.8) is 0 Å². The van der Waals surface area contributed by atoms with Crippen LogP contribution in [0, 0.1) is 0 Å². The lowest BCUT2D eigenvalue weighted by atomic mass is 10.3. The minimum Gasteiger partial charge on any atom is -0.495 e. The van der Waals surface area contributed by atoms with E-state index in [1.807, 2.05) is 12.1 Å². The highest BCUT2D eigenvalue weighted by Gasteiger charge is 2.04. The summed E-state index contributed by atoms with van der Waals surface area (Å²) in [6.07, 6.45) is 0. The second-order valence-electron chi connectivity index (χ2n) is 4.73. The molecule has 0 spiro atoms. The average Bonchev–Trinajstić information content (AvgIpc) is 2.53. The number of aliphatic imine (C=N–C) groups is 1. The van der Waals surface area contributed by atoms with Crippen molar-refractivity contribution in [3.05, 3.63) is 52.0 Å². The summed E-state index contributed by atoms with van der Waals surface area (Å²) in [6.45, 7) is -0.102. The molecule has 0 aliphatic heterocycles. The van der Waals surface area contributed by atoms with Gasteiger partial charge in [-0.05, 0) is 36.4 Å². The number of carbonyl (C=O) groups is 1. The van der Waals surface area contributed by atoms with Crippen LogP contribution in [0.3, 0.4) is 0 Å². The zero-order valence-electron chi connectivity index (χ0n) is 12.8. The lowest BCUT2D eigenvalue weighted by molar-refractivity contribution is -0.114. The summed E-state index contributed by atoms with van der Waals surface area (Å²) in [4.78, 5) is 15.9. The van der Waals surface area contributed by atoms with Gasteiger partial charge in [0.25, 0.3) is 0 Å². The Labute approximate surface area is 153 Å². The average molecular weight is 412 g/mol. The first-order valence-corrected chi connectivity index (χ1v) is 8.11. The summed E-state index contributed by atoms with van der Waals surface area (Å²) >= 11 is 9.37. The van der Waals surface area contributed by atoms with E-state index >= 15 is 0 Å². The molecule has 0 aliphatic carbocycles. The summed E-state index contributed by atoms with van der Waals surface area (Å²) in [6, 6.07) is 12.4. The number of methoxy groups -OCH3 is 1. The molecule has 0 fully saturated rings. The van der Waals surface area contributed by atoms with Crippen LogP contribution in [0.1, 0.15) is 0 Å². The van der Waals surface area contributed by atoms with E-state index in [4.69, 9.17) is 22.1 Å². The molecule has 24 heavy (non-hydrogen) atoms. The molecule has 0 saturated heterocycles. The Morgan fingerprint density at radius 1 is 1.25 bits per heavy atom. The number of nitrogens with two attached hydrogens (primary N) is 1. The minimum atomic E-state index is -0.273. The molecule has 2 aromatic carbocycles. The largest absolute Gasteiger partial charge is 0.495 e. The van der Waals surface area contributed by atoms with Gasteiger partial charge in [-0.15, -0.1) is 0 Å². The predicted molar refractivity (Wildman–Crippen MR) is 101 cm³/mol. The van der Waals surface area contributed by atoms with Gasteiger partial charge in [-0.25, -0.2) is 4.99 Å². The number of amides is 1. The van der Waals surface area contributed by atoms with Crippen molar-refractivity contribution < 1.29 is 9.53 Å². The van der Waals surface area contributed by atoms with Crippen molar-refractivity contribution >= 4 is 50.8 Å². The Kier molecular flexibility index (Phi) is 6.45. The number of hydrogen-bond acceptors (Lipinski definition) is 3.